The maximum absolute atomic E-state index is 14.1. The quantitative estimate of drug-likeness (QED) is 0.336. The summed E-state index contributed by atoms with van der Waals surface area (Å²) in [6, 6.07) is 11.2. The molecule has 5 amide bonds. The molecule has 0 aromatic heterocycles. The molecule has 2 aromatic rings. The average molecular weight is 665 g/mol. The number of benzene rings is 2. The Hall–Kier alpha value is -3.54. The van der Waals surface area contributed by atoms with Gasteiger partial charge in [-0.1, -0.05) is 42.8 Å². The molecule has 0 saturated carbocycles. The summed E-state index contributed by atoms with van der Waals surface area (Å²) in [6.07, 6.45) is 5.08. The molecule has 0 radical (unpaired) electrons. The third-order valence-electron chi connectivity index (χ3n) is 10.5. The van der Waals surface area contributed by atoms with Crippen molar-refractivity contribution in [2.75, 3.05) is 70.0 Å². The van der Waals surface area contributed by atoms with Crippen LogP contribution in [0.2, 0.25) is 5.02 Å². The number of piperazine rings is 1. The number of para-hydroxylation sites is 1. The Kier molecular flexibility index (Phi) is 10.7. The van der Waals surface area contributed by atoms with Crippen molar-refractivity contribution >= 4 is 40.9 Å². The molecule has 254 valence electrons. The normalized spacial score (nSPS) is 20.7. The summed E-state index contributed by atoms with van der Waals surface area (Å²) >= 11 is 6.49. The fourth-order valence-electron chi connectivity index (χ4n) is 7.66. The lowest BCUT2D eigenvalue weighted by Gasteiger charge is -2.41. The summed E-state index contributed by atoms with van der Waals surface area (Å²) in [6.45, 7) is 9.15. The van der Waals surface area contributed by atoms with E-state index in [1.807, 2.05) is 47.1 Å². The Bertz CT molecular complexity index is 1430. The van der Waals surface area contributed by atoms with Crippen molar-refractivity contribution in [3.05, 3.63) is 58.1 Å². The van der Waals surface area contributed by atoms with Crippen LogP contribution in [-0.2, 0) is 24.1 Å². The van der Waals surface area contributed by atoms with Gasteiger partial charge in [0.1, 0.15) is 6.04 Å². The van der Waals surface area contributed by atoms with Crippen LogP contribution < -0.4 is 21.7 Å². The molecule has 0 spiro atoms. The number of halogens is 1. The van der Waals surface area contributed by atoms with Crippen LogP contribution in [0, 0.1) is 0 Å². The lowest BCUT2D eigenvalue weighted by molar-refractivity contribution is -0.134. The first-order chi connectivity index (χ1) is 22.8. The molecule has 5 N–H and O–H groups in total. The Labute approximate surface area is 283 Å². The van der Waals surface area contributed by atoms with Crippen LogP contribution in [-0.4, -0.2) is 115 Å². The highest BCUT2D eigenvalue weighted by atomic mass is 35.5. The molecule has 0 bridgehead atoms. The monoisotopic (exact) mass is 664 g/mol. The second-order valence-electron chi connectivity index (χ2n) is 13.3. The van der Waals surface area contributed by atoms with E-state index in [2.05, 4.69) is 26.9 Å². The topological polar surface area (TPSA) is 126 Å². The zero-order valence-corrected chi connectivity index (χ0v) is 28.2. The smallest absolute Gasteiger partial charge is 0.322 e. The van der Waals surface area contributed by atoms with Gasteiger partial charge in [-0.2, -0.15) is 0 Å². The lowest BCUT2D eigenvalue weighted by atomic mass is 9.98. The van der Waals surface area contributed by atoms with Gasteiger partial charge in [0, 0.05) is 83.1 Å². The number of urea groups is 2. The molecule has 6 rings (SSSR count). The summed E-state index contributed by atoms with van der Waals surface area (Å²) < 4.78 is 0. The number of aryl methyl sites for hydroxylation is 1. The second kappa shape index (κ2) is 15.1. The minimum atomic E-state index is -0.727. The van der Waals surface area contributed by atoms with Crippen molar-refractivity contribution in [1.29, 1.82) is 0 Å². The van der Waals surface area contributed by atoms with E-state index < -0.39 is 6.04 Å². The van der Waals surface area contributed by atoms with Crippen LogP contribution in [0.25, 0.3) is 0 Å². The number of carbonyl (C=O) groups is 3. The fourth-order valence-corrected chi connectivity index (χ4v) is 7.92. The number of anilines is 2. The number of carbonyl (C=O) groups excluding carboxylic acids is 3. The van der Waals surface area contributed by atoms with Crippen LogP contribution in [0.1, 0.15) is 49.3 Å². The molecule has 47 heavy (non-hydrogen) atoms. The first-order valence-corrected chi connectivity index (χ1v) is 17.7. The largest absolute Gasteiger partial charge is 0.397 e. The number of rotatable bonds is 7. The molecule has 4 aliphatic heterocycles. The highest BCUT2D eigenvalue weighted by Crippen LogP contribution is 2.28. The number of amides is 5. The number of piperidine rings is 2. The maximum Gasteiger partial charge on any atom is 0.322 e. The second-order valence-corrected chi connectivity index (χ2v) is 13.7. The van der Waals surface area contributed by atoms with E-state index >= 15 is 0 Å². The number of nitrogens with one attached hydrogen (secondary N) is 3. The van der Waals surface area contributed by atoms with Gasteiger partial charge in [0.2, 0.25) is 5.91 Å². The van der Waals surface area contributed by atoms with Crippen LogP contribution in [0.15, 0.2) is 36.4 Å². The van der Waals surface area contributed by atoms with Crippen molar-refractivity contribution < 1.29 is 14.4 Å². The predicted molar refractivity (Wildman–Crippen MR) is 186 cm³/mol. The zero-order valence-electron chi connectivity index (χ0n) is 27.5. The van der Waals surface area contributed by atoms with Gasteiger partial charge in [0.05, 0.1) is 10.7 Å². The predicted octanol–water partition coefficient (Wildman–Crippen LogP) is 3.56. The minimum Gasteiger partial charge on any atom is -0.397 e. The Balaban J connectivity index is 1.10. The molecule has 0 aliphatic carbocycles. The van der Waals surface area contributed by atoms with Gasteiger partial charge in [-0.25, -0.2) is 9.59 Å². The van der Waals surface area contributed by atoms with E-state index in [0.717, 1.165) is 74.2 Å². The zero-order chi connectivity index (χ0) is 32.9. The molecule has 4 aliphatic rings. The van der Waals surface area contributed by atoms with E-state index in [-0.39, 0.29) is 24.0 Å². The maximum atomic E-state index is 14.1. The summed E-state index contributed by atoms with van der Waals surface area (Å²) in [5, 5.41) is 10.1. The Morgan fingerprint density at radius 2 is 1.64 bits per heavy atom. The van der Waals surface area contributed by atoms with Crippen LogP contribution in [0.5, 0.6) is 0 Å². The van der Waals surface area contributed by atoms with Gasteiger partial charge in [-0.15, -0.1) is 0 Å². The molecule has 3 saturated heterocycles. The van der Waals surface area contributed by atoms with Crippen molar-refractivity contribution in [1.82, 2.24) is 30.2 Å². The van der Waals surface area contributed by atoms with E-state index in [9.17, 15) is 14.4 Å². The van der Waals surface area contributed by atoms with Gasteiger partial charge in [0.25, 0.3) is 0 Å². The van der Waals surface area contributed by atoms with Gasteiger partial charge in [0.15, 0.2) is 0 Å². The molecule has 12 heteroatoms. The summed E-state index contributed by atoms with van der Waals surface area (Å²) in [4.78, 5) is 49.1. The van der Waals surface area contributed by atoms with Gasteiger partial charge in [-0.05, 0) is 67.3 Å². The first-order valence-electron chi connectivity index (χ1n) is 17.3. The molecule has 11 nitrogen and oxygen atoms in total. The van der Waals surface area contributed by atoms with E-state index in [0.29, 0.717) is 68.7 Å². The van der Waals surface area contributed by atoms with Gasteiger partial charge < -0.3 is 36.4 Å². The molecule has 0 unspecified atom stereocenters. The number of nitrogen functional groups attached to an aromatic ring is 1. The van der Waals surface area contributed by atoms with Crippen molar-refractivity contribution in [3.8, 4) is 0 Å². The lowest BCUT2D eigenvalue weighted by Crippen LogP contribution is -2.58. The number of fused-ring (bicyclic) bond motifs is 1. The molecule has 4 heterocycles. The SMILES string of the molecule is CCc1cc(C[C@@H](NC(=O)N2CCC(N3CCc4ccccc4NC3=O)CC2)C(=O)N2CCC(N3CCNCC3)CC2)cc(Cl)c1N. The summed E-state index contributed by atoms with van der Waals surface area (Å²) in [7, 11) is 0. The standard InChI is InChI=1S/C35H49ClN8O3/c1-2-25-21-24(22-29(36)32(25)37)23-31(33(45)42-14-8-27(9-15-42)41-19-12-38-13-20-41)40-34(46)43-16-10-28(11-17-43)44-18-7-26-5-3-4-6-30(26)39-35(44)47/h3-6,21-22,27-28,31,38H,2,7-20,23,37H2,1H3,(H,39,47)(H,40,46)/t31-/m1/s1. The number of hydrogen-bond acceptors (Lipinski definition) is 6. The molecule has 2 aromatic carbocycles. The third kappa shape index (κ3) is 7.79. The number of nitrogens with two attached hydrogens (primary N) is 1. The van der Waals surface area contributed by atoms with E-state index in [4.69, 9.17) is 17.3 Å². The Morgan fingerprint density at radius 3 is 2.36 bits per heavy atom. The Morgan fingerprint density at radius 1 is 0.957 bits per heavy atom. The van der Waals surface area contributed by atoms with E-state index in [1.165, 1.54) is 0 Å². The van der Waals surface area contributed by atoms with Crippen molar-refractivity contribution in [2.45, 2.75) is 70.0 Å². The van der Waals surface area contributed by atoms with E-state index in [1.54, 1.807) is 4.90 Å². The fraction of sp³-hybridized carbons (Fsp3) is 0.571. The van der Waals surface area contributed by atoms with Crippen molar-refractivity contribution in [2.24, 2.45) is 0 Å². The van der Waals surface area contributed by atoms with Crippen LogP contribution in [0.4, 0.5) is 21.0 Å². The number of hydrogen-bond donors (Lipinski definition) is 4. The van der Waals surface area contributed by atoms with Crippen molar-refractivity contribution in [3.63, 3.8) is 0 Å². The average Bonchev–Trinajstić information content (AvgIpc) is 3.27. The third-order valence-corrected chi connectivity index (χ3v) is 10.8. The number of nitrogens with zero attached hydrogens (tertiary/aromatic N) is 4. The van der Waals surface area contributed by atoms with Crippen LogP contribution >= 0.6 is 11.6 Å². The summed E-state index contributed by atoms with van der Waals surface area (Å²) in [5.74, 6) is -0.0567. The van der Waals surface area contributed by atoms with Gasteiger partial charge >= 0.3 is 12.1 Å². The molecule has 1 atom stereocenters. The van der Waals surface area contributed by atoms with Gasteiger partial charge in [-0.3, -0.25) is 9.69 Å². The summed E-state index contributed by atoms with van der Waals surface area (Å²) in [5.41, 5.74) is 10.6. The molecular weight excluding hydrogens is 616 g/mol. The first kappa shape index (κ1) is 33.4. The minimum absolute atomic E-state index is 0.0483. The number of likely N-dealkylation sites (tertiary alicyclic amines) is 2. The molecular formula is C35H49ClN8O3. The highest BCUT2D eigenvalue weighted by Gasteiger charge is 2.35. The highest BCUT2D eigenvalue weighted by molar-refractivity contribution is 6.33. The molecule has 3 fully saturated rings. The van der Waals surface area contributed by atoms with Crippen LogP contribution in [0.3, 0.4) is 0 Å².